The van der Waals surface area contributed by atoms with Gasteiger partial charge in [0.2, 0.25) is 15.9 Å². The van der Waals surface area contributed by atoms with Gasteiger partial charge >= 0.3 is 0 Å². The van der Waals surface area contributed by atoms with Crippen LogP contribution in [0.25, 0.3) is 0 Å². The van der Waals surface area contributed by atoms with E-state index >= 15 is 0 Å². The lowest BCUT2D eigenvalue weighted by atomic mass is 10.2. The highest BCUT2D eigenvalue weighted by molar-refractivity contribution is 9.10. The number of carbonyl (C=O) groups is 1. The third-order valence-corrected chi connectivity index (χ3v) is 5.45. The van der Waals surface area contributed by atoms with E-state index in [2.05, 4.69) is 21.2 Å². The second-order valence-electron chi connectivity index (χ2n) is 5.18. The SMILES string of the molecule is C[C@@H](C(=O)Nc1ccccc1Br)N(c1cccc(Cl)c1)S(C)(=O)=O. The Hall–Kier alpha value is -1.57. The van der Waals surface area contributed by atoms with Gasteiger partial charge in [0, 0.05) is 9.50 Å². The summed E-state index contributed by atoms with van der Waals surface area (Å²) in [7, 11) is -3.68. The average molecular weight is 432 g/mol. The van der Waals surface area contributed by atoms with Gasteiger partial charge in [-0.05, 0) is 53.2 Å². The van der Waals surface area contributed by atoms with Crippen molar-refractivity contribution in [3.8, 4) is 0 Å². The molecule has 128 valence electrons. The zero-order chi connectivity index (χ0) is 17.9. The van der Waals surface area contributed by atoms with E-state index in [4.69, 9.17) is 11.6 Å². The molecule has 0 aliphatic heterocycles. The van der Waals surface area contributed by atoms with Crippen molar-refractivity contribution in [2.75, 3.05) is 15.9 Å². The molecule has 1 atom stereocenters. The number of amides is 1. The average Bonchev–Trinajstić information content (AvgIpc) is 2.48. The summed E-state index contributed by atoms with van der Waals surface area (Å²) in [6.07, 6.45) is 1.05. The Morgan fingerprint density at radius 1 is 1.21 bits per heavy atom. The van der Waals surface area contributed by atoms with Gasteiger partial charge in [0.05, 0.1) is 17.6 Å². The summed E-state index contributed by atoms with van der Waals surface area (Å²) in [6, 6.07) is 12.5. The summed E-state index contributed by atoms with van der Waals surface area (Å²) in [5.74, 6) is -0.452. The Morgan fingerprint density at radius 3 is 2.46 bits per heavy atom. The first-order valence-corrected chi connectivity index (χ1v) is 10.0. The summed E-state index contributed by atoms with van der Waals surface area (Å²) in [5, 5.41) is 3.11. The molecule has 0 fully saturated rings. The summed E-state index contributed by atoms with van der Waals surface area (Å²) >= 11 is 9.29. The van der Waals surface area contributed by atoms with Crippen molar-refractivity contribution in [2.24, 2.45) is 0 Å². The van der Waals surface area contributed by atoms with Gasteiger partial charge in [-0.3, -0.25) is 9.10 Å². The van der Waals surface area contributed by atoms with Gasteiger partial charge in [-0.15, -0.1) is 0 Å². The van der Waals surface area contributed by atoms with Gasteiger partial charge in [-0.25, -0.2) is 8.42 Å². The van der Waals surface area contributed by atoms with Crippen molar-refractivity contribution in [3.63, 3.8) is 0 Å². The van der Waals surface area contributed by atoms with Crippen LogP contribution in [0, 0.1) is 0 Å². The summed E-state index contributed by atoms with van der Waals surface area (Å²) in [5.41, 5.74) is 0.897. The molecule has 2 aromatic rings. The van der Waals surface area contributed by atoms with Gasteiger partial charge in [-0.2, -0.15) is 0 Å². The minimum atomic E-state index is -3.68. The number of para-hydroxylation sites is 1. The maximum atomic E-state index is 12.5. The van der Waals surface area contributed by atoms with Crippen LogP contribution < -0.4 is 9.62 Å². The van der Waals surface area contributed by atoms with E-state index < -0.39 is 22.0 Å². The molecule has 1 N–H and O–H groups in total. The van der Waals surface area contributed by atoms with Crippen molar-refractivity contribution in [2.45, 2.75) is 13.0 Å². The van der Waals surface area contributed by atoms with Crippen molar-refractivity contribution >= 4 is 54.8 Å². The van der Waals surface area contributed by atoms with E-state index in [9.17, 15) is 13.2 Å². The molecule has 0 aromatic heterocycles. The number of hydrogen-bond donors (Lipinski definition) is 1. The standard InChI is InChI=1S/C16H16BrClN2O3S/c1-11(16(21)19-15-9-4-3-8-14(15)17)20(24(2,22)23)13-7-5-6-12(18)10-13/h3-11H,1-2H3,(H,19,21)/t11-/m0/s1. The third-order valence-electron chi connectivity index (χ3n) is 3.28. The number of carbonyl (C=O) groups excluding carboxylic acids is 1. The molecule has 0 saturated carbocycles. The number of hydrogen-bond acceptors (Lipinski definition) is 3. The van der Waals surface area contributed by atoms with Crippen LogP contribution in [0.15, 0.2) is 53.0 Å². The fourth-order valence-corrected chi connectivity index (χ4v) is 3.96. The zero-order valence-electron chi connectivity index (χ0n) is 13.0. The predicted octanol–water partition coefficient (Wildman–Crippen LogP) is 3.90. The van der Waals surface area contributed by atoms with Crippen molar-refractivity contribution < 1.29 is 13.2 Å². The fraction of sp³-hybridized carbons (Fsp3) is 0.188. The topological polar surface area (TPSA) is 66.5 Å². The molecule has 0 spiro atoms. The van der Waals surface area contributed by atoms with Crippen LogP contribution >= 0.6 is 27.5 Å². The molecular formula is C16H16BrClN2O3S. The number of sulfonamides is 1. The monoisotopic (exact) mass is 430 g/mol. The van der Waals surface area contributed by atoms with Crippen LogP contribution in [0.4, 0.5) is 11.4 Å². The molecular weight excluding hydrogens is 416 g/mol. The molecule has 2 aromatic carbocycles. The Balaban J connectivity index is 2.33. The molecule has 0 saturated heterocycles. The van der Waals surface area contributed by atoms with Gasteiger partial charge < -0.3 is 5.32 Å². The molecule has 0 radical (unpaired) electrons. The normalized spacial score (nSPS) is 12.5. The van der Waals surface area contributed by atoms with Gasteiger partial charge in [0.25, 0.3) is 0 Å². The van der Waals surface area contributed by atoms with Gasteiger partial charge in [0.1, 0.15) is 6.04 Å². The third kappa shape index (κ3) is 4.49. The molecule has 8 heteroatoms. The zero-order valence-corrected chi connectivity index (χ0v) is 16.2. The minimum absolute atomic E-state index is 0.333. The van der Waals surface area contributed by atoms with Crippen molar-refractivity contribution in [1.29, 1.82) is 0 Å². The predicted molar refractivity (Wildman–Crippen MR) is 101 cm³/mol. The highest BCUT2D eigenvalue weighted by Gasteiger charge is 2.29. The first-order valence-electron chi connectivity index (χ1n) is 7.00. The van der Waals surface area contributed by atoms with Crippen LogP contribution in [0.5, 0.6) is 0 Å². The lowest BCUT2D eigenvalue weighted by Gasteiger charge is -2.28. The molecule has 0 aliphatic carbocycles. The van der Waals surface area contributed by atoms with E-state index in [1.165, 1.54) is 13.0 Å². The van der Waals surface area contributed by atoms with Crippen molar-refractivity contribution in [3.05, 3.63) is 58.0 Å². The summed E-state index contributed by atoms with van der Waals surface area (Å²) < 4.78 is 26.2. The first-order chi connectivity index (χ1) is 11.2. The largest absolute Gasteiger partial charge is 0.323 e. The van der Waals surface area contributed by atoms with Gasteiger partial charge in [-0.1, -0.05) is 29.8 Å². The molecule has 24 heavy (non-hydrogen) atoms. The van der Waals surface area contributed by atoms with Crippen LogP contribution in [0.1, 0.15) is 6.92 Å². The number of anilines is 2. The molecule has 0 aliphatic rings. The number of nitrogens with one attached hydrogen (secondary N) is 1. The van der Waals surface area contributed by atoms with E-state index in [-0.39, 0.29) is 0 Å². The van der Waals surface area contributed by atoms with E-state index in [0.29, 0.717) is 20.9 Å². The second kappa shape index (κ2) is 7.55. The molecule has 0 bridgehead atoms. The highest BCUT2D eigenvalue weighted by Crippen LogP contribution is 2.26. The van der Waals surface area contributed by atoms with E-state index in [1.54, 1.807) is 36.4 Å². The molecule has 2 rings (SSSR count). The van der Waals surface area contributed by atoms with E-state index in [1.807, 2.05) is 6.07 Å². The number of halogens is 2. The maximum absolute atomic E-state index is 12.5. The Labute approximate surface area is 154 Å². The summed E-state index contributed by atoms with van der Waals surface area (Å²) in [6.45, 7) is 1.52. The number of benzene rings is 2. The van der Waals surface area contributed by atoms with Crippen molar-refractivity contribution in [1.82, 2.24) is 0 Å². The quantitative estimate of drug-likeness (QED) is 0.781. The number of rotatable bonds is 5. The molecule has 0 unspecified atom stereocenters. The fourth-order valence-electron chi connectivity index (χ4n) is 2.22. The van der Waals surface area contributed by atoms with Crippen LogP contribution in [0.3, 0.4) is 0 Å². The Morgan fingerprint density at radius 2 is 1.88 bits per heavy atom. The second-order valence-corrected chi connectivity index (χ2v) is 8.33. The summed E-state index contributed by atoms with van der Waals surface area (Å²) in [4.78, 5) is 12.5. The first kappa shape index (κ1) is 18.8. The molecule has 1 amide bonds. The van der Waals surface area contributed by atoms with Crippen LogP contribution in [-0.2, 0) is 14.8 Å². The Kier molecular flexibility index (Phi) is 5.90. The highest BCUT2D eigenvalue weighted by atomic mass is 79.9. The smallest absolute Gasteiger partial charge is 0.248 e. The number of nitrogens with zero attached hydrogens (tertiary/aromatic N) is 1. The maximum Gasteiger partial charge on any atom is 0.248 e. The molecule has 5 nitrogen and oxygen atoms in total. The van der Waals surface area contributed by atoms with Crippen LogP contribution in [-0.4, -0.2) is 26.6 Å². The lowest BCUT2D eigenvalue weighted by Crippen LogP contribution is -2.45. The Bertz CT molecular complexity index is 858. The molecule has 0 heterocycles. The lowest BCUT2D eigenvalue weighted by molar-refractivity contribution is -0.116. The van der Waals surface area contributed by atoms with Gasteiger partial charge in [0.15, 0.2) is 0 Å². The van der Waals surface area contributed by atoms with Crippen LogP contribution in [0.2, 0.25) is 5.02 Å². The van der Waals surface area contributed by atoms with E-state index in [0.717, 1.165) is 10.6 Å². The minimum Gasteiger partial charge on any atom is -0.323 e.